The Morgan fingerprint density at radius 3 is 2.48 bits per heavy atom. The van der Waals surface area contributed by atoms with Gasteiger partial charge in [0.1, 0.15) is 12.6 Å². The van der Waals surface area contributed by atoms with Crippen LogP contribution in [0.1, 0.15) is 43.4 Å². The quantitative estimate of drug-likeness (QED) is 0.214. The molecule has 5 N–H and O–H groups in total. The summed E-state index contributed by atoms with van der Waals surface area (Å²) in [6.45, 7) is 3.93. The summed E-state index contributed by atoms with van der Waals surface area (Å²) in [5, 5.41) is 27.3. The van der Waals surface area contributed by atoms with Crippen LogP contribution in [0.2, 0.25) is 0 Å². The van der Waals surface area contributed by atoms with Crippen LogP contribution >= 0.6 is 0 Å². The molecule has 10 nitrogen and oxygen atoms in total. The number of amides is 3. The number of nitrogens with zero attached hydrogens (tertiary/aromatic N) is 1. The number of hydrogen-bond acceptors (Lipinski definition) is 7. The lowest BCUT2D eigenvalue weighted by Gasteiger charge is -2.29. The first kappa shape index (κ1) is 32.7. The highest BCUT2D eigenvalue weighted by Gasteiger charge is 2.32. The first-order valence-corrected chi connectivity index (χ1v) is 14.8. The average Bonchev–Trinajstić information content (AvgIpc) is 3.15. The molecule has 10 heteroatoms. The first-order chi connectivity index (χ1) is 21.1. The van der Waals surface area contributed by atoms with E-state index < -0.39 is 23.8 Å². The van der Waals surface area contributed by atoms with Crippen molar-refractivity contribution in [3.8, 4) is 11.1 Å². The van der Waals surface area contributed by atoms with E-state index in [0.29, 0.717) is 19.4 Å². The highest BCUT2D eigenvalue weighted by atomic mass is 16.5. The third-order valence-electron chi connectivity index (χ3n) is 7.70. The van der Waals surface area contributed by atoms with Crippen molar-refractivity contribution in [3.05, 3.63) is 89.5 Å². The van der Waals surface area contributed by atoms with Crippen LogP contribution in [-0.2, 0) is 33.9 Å². The molecule has 3 aromatic carbocycles. The summed E-state index contributed by atoms with van der Waals surface area (Å²) in [5.74, 6) is -0.445. The van der Waals surface area contributed by atoms with Crippen LogP contribution in [0.5, 0.6) is 0 Å². The van der Waals surface area contributed by atoms with Crippen molar-refractivity contribution < 1.29 is 29.3 Å². The Balaban J connectivity index is 1.49. The van der Waals surface area contributed by atoms with Crippen LogP contribution < -0.4 is 20.9 Å². The summed E-state index contributed by atoms with van der Waals surface area (Å²) in [5.41, 5.74) is 4.93. The van der Waals surface area contributed by atoms with Gasteiger partial charge in [0.05, 0.1) is 19.3 Å². The van der Waals surface area contributed by atoms with Gasteiger partial charge in [0.2, 0.25) is 11.8 Å². The second kappa shape index (κ2) is 15.0. The molecule has 0 spiro atoms. The van der Waals surface area contributed by atoms with Gasteiger partial charge in [-0.3, -0.25) is 9.59 Å². The molecule has 3 aromatic rings. The standard InChI is InChI=1S/C34H42N4O6/c1-34(2,36-19-27(40)21-39)18-31(41)37-29-17-16-25-8-5-7-11-30(25)38(32(29)42)20-23-12-14-24(15-13-23)28-10-6-4-9-26(28)22-44-33(43)35-3/h4-15,27,29,36,39-40H,16-22H2,1-3H3,(H,35,43)(H,37,41)/t27-,29+/m0/s1. The number of para-hydroxylation sites is 1. The number of fused-ring (bicyclic) bond motifs is 1. The Morgan fingerprint density at radius 2 is 1.75 bits per heavy atom. The fourth-order valence-corrected chi connectivity index (χ4v) is 5.30. The van der Waals surface area contributed by atoms with Crippen molar-refractivity contribution in [2.24, 2.45) is 0 Å². The summed E-state index contributed by atoms with van der Waals surface area (Å²) in [7, 11) is 1.52. The number of aliphatic hydroxyl groups excluding tert-OH is 2. The predicted octanol–water partition coefficient (Wildman–Crippen LogP) is 3.29. The van der Waals surface area contributed by atoms with Gasteiger partial charge in [-0.1, -0.05) is 66.7 Å². The molecule has 0 saturated carbocycles. The zero-order valence-corrected chi connectivity index (χ0v) is 25.5. The van der Waals surface area contributed by atoms with E-state index in [-0.39, 0.29) is 38.0 Å². The zero-order valence-electron chi connectivity index (χ0n) is 25.5. The van der Waals surface area contributed by atoms with Crippen LogP contribution in [0.3, 0.4) is 0 Å². The van der Waals surface area contributed by atoms with Gasteiger partial charge in [0, 0.05) is 31.2 Å². The molecular weight excluding hydrogens is 560 g/mol. The maximum absolute atomic E-state index is 13.9. The van der Waals surface area contributed by atoms with E-state index in [9.17, 15) is 19.5 Å². The molecule has 2 atom stereocenters. The van der Waals surface area contributed by atoms with Crippen molar-refractivity contribution in [2.75, 3.05) is 25.1 Å². The number of anilines is 1. The molecule has 234 valence electrons. The Hall–Kier alpha value is -4.25. The summed E-state index contributed by atoms with van der Waals surface area (Å²) in [6, 6.07) is 22.8. The van der Waals surface area contributed by atoms with Crippen LogP contribution in [0.15, 0.2) is 72.8 Å². The number of carbonyl (C=O) groups is 3. The maximum Gasteiger partial charge on any atom is 0.407 e. The molecule has 3 amide bonds. The van der Waals surface area contributed by atoms with Gasteiger partial charge in [0.15, 0.2) is 0 Å². The molecule has 1 aliphatic rings. The van der Waals surface area contributed by atoms with E-state index in [0.717, 1.165) is 33.5 Å². The number of aryl methyl sites for hydroxylation is 1. The summed E-state index contributed by atoms with van der Waals surface area (Å²) < 4.78 is 5.26. The Kier molecular flexibility index (Phi) is 11.1. The predicted molar refractivity (Wildman–Crippen MR) is 169 cm³/mol. The molecule has 0 bridgehead atoms. The molecule has 0 aromatic heterocycles. The van der Waals surface area contributed by atoms with Crippen LogP contribution in [0.4, 0.5) is 10.5 Å². The molecule has 0 fully saturated rings. The minimum absolute atomic E-state index is 0.0962. The summed E-state index contributed by atoms with van der Waals surface area (Å²) >= 11 is 0. The van der Waals surface area contributed by atoms with Gasteiger partial charge in [0.25, 0.3) is 0 Å². The fourth-order valence-electron chi connectivity index (χ4n) is 5.30. The first-order valence-electron chi connectivity index (χ1n) is 14.8. The molecule has 0 unspecified atom stereocenters. The largest absolute Gasteiger partial charge is 0.445 e. The van der Waals surface area contributed by atoms with Crippen molar-refractivity contribution in [3.63, 3.8) is 0 Å². The number of nitrogens with one attached hydrogen (secondary N) is 3. The second-order valence-electron chi connectivity index (χ2n) is 11.7. The SMILES string of the molecule is CNC(=O)OCc1ccccc1-c1ccc(CN2C(=O)[C@H](NC(=O)CC(C)(C)NC[C@H](O)CO)CCc3ccccc32)cc1. The van der Waals surface area contributed by atoms with E-state index in [4.69, 9.17) is 9.84 Å². The third kappa shape index (κ3) is 8.66. The molecule has 4 rings (SSSR count). The third-order valence-corrected chi connectivity index (χ3v) is 7.70. The molecule has 44 heavy (non-hydrogen) atoms. The maximum atomic E-state index is 13.9. The van der Waals surface area contributed by atoms with Gasteiger partial charge < -0.3 is 35.8 Å². The fraction of sp³-hybridized carbons (Fsp3) is 0.382. The number of hydrogen-bond donors (Lipinski definition) is 5. The topological polar surface area (TPSA) is 140 Å². The summed E-state index contributed by atoms with van der Waals surface area (Å²) in [6.07, 6.45) is -0.200. The van der Waals surface area contributed by atoms with Crippen LogP contribution in [0, 0.1) is 0 Å². The Morgan fingerprint density at radius 1 is 1.05 bits per heavy atom. The molecule has 0 saturated heterocycles. The summed E-state index contributed by atoms with van der Waals surface area (Å²) in [4.78, 5) is 40.4. The molecule has 0 radical (unpaired) electrons. The zero-order chi connectivity index (χ0) is 31.7. The van der Waals surface area contributed by atoms with Crippen molar-refractivity contribution >= 4 is 23.6 Å². The van der Waals surface area contributed by atoms with Crippen LogP contribution in [0.25, 0.3) is 11.1 Å². The lowest BCUT2D eigenvalue weighted by atomic mass is 9.98. The van der Waals surface area contributed by atoms with Gasteiger partial charge in [-0.25, -0.2) is 4.79 Å². The van der Waals surface area contributed by atoms with E-state index >= 15 is 0 Å². The minimum Gasteiger partial charge on any atom is -0.445 e. The molecule has 1 aliphatic heterocycles. The van der Waals surface area contributed by atoms with Gasteiger partial charge in [-0.2, -0.15) is 0 Å². The van der Waals surface area contributed by atoms with E-state index in [1.807, 2.05) is 86.6 Å². The lowest BCUT2D eigenvalue weighted by molar-refractivity contribution is -0.128. The smallest absolute Gasteiger partial charge is 0.407 e. The van der Waals surface area contributed by atoms with Crippen molar-refractivity contribution in [1.29, 1.82) is 0 Å². The number of β-amino-alcohol motifs (C(OH)–C–C–N with tert-alkyl or cyclic N) is 1. The van der Waals surface area contributed by atoms with Gasteiger partial charge >= 0.3 is 6.09 Å². The Labute approximate surface area is 258 Å². The lowest BCUT2D eigenvalue weighted by Crippen LogP contribution is -2.51. The van der Waals surface area contributed by atoms with Crippen molar-refractivity contribution in [1.82, 2.24) is 16.0 Å². The number of aliphatic hydroxyl groups is 2. The molecule has 1 heterocycles. The minimum atomic E-state index is -0.917. The van der Waals surface area contributed by atoms with E-state index in [1.165, 1.54) is 7.05 Å². The van der Waals surface area contributed by atoms with Crippen molar-refractivity contribution in [2.45, 2.75) is 63.9 Å². The average molecular weight is 603 g/mol. The number of benzene rings is 3. The monoisotopic (exact) mass is 602 g/mol. The normalized spacial score (nSPS) is 15.6. The van der Waals surface area contributed by atoms with E-state index in [2.05, 4.69) is 16.0 Å². The van der Waals surface area contributed by atoms with Crippen LogP contribution in [-0.4, -0.2) is 66.0 Å². The molecular formula is C34H42N4O6. The van der Waals surface area contributed by atoms with Gasteiger partial charge in [-0.05, 0) is 60.6 Å². The van der Waals surface area contributed by atoms with Gasteiger partial charge in [-0.15, -0.1) is 0 Å². The van der Waals surface area contributed by atoms with E-state index in [1.54, 1.807) is 4.90 Å². The number of ether oxygens (including phenoxy) is 1. The Bertz CT molecular complexity index is 1440. The number of alkyl carbamates (subject to hydrolysis) is 1. The number of rotatable bonds is 12. The highest BCUT2D eigenvalue weighted by molar-refractivity contribution is 6.00. The molecule has 0 aliphatic carbocycles. The highest BCUT2D eigenvalue weighted by Crippen LogP contribution is 2.30. The number of carbonyl (C=O) groups excluding carboxylic acids is 3. The second-order valence-corrected chi connectivity index (χ2v) is 11.7.